The number of hydrogen-bond donors (Lipinski definition) is 1. The molecule has 1 heterocycles. The van der Waals surface area contributed by atoms with Crippen LogP contribution in [0.4, 0.5) is 10.5 Å². The van der Waals surface area contributed by atoms with Crippen LogP contribution in [0, 0.1) is 0 Å². The number of carbonyl (C=O) groups is 3. The van der Waals surface area contributed by atoms with E-state index >= 15 is 0 Å². The molecule has 0 bridgehead atoms. The number of thioether (sulfide) groups is 2. The third kappa shape index (κ3) is 4.67. The number of nitrogens with one attached hydrogen (secondary N) is 1. The fourth-order valence-corrected chi connectivity index (χ4v) is 3.23. The molecule has 0 saturated carbocycles. The Balaban J connectivity index is 1.77. The topological polar surface area (TPSA) is 75.7 Å². The molecule has 118 valence electrons. The molecule has 8 heteroatoms. The molecule has 1 aliphatic heterocycles. The maximum Gasteiger partial charge on any atom is 0.326 e. The Bertz CT molecular complexity index is 580. The molecule has 1 fully saturated rings. The van der Waals surface area contributed by atoms with E-state index in [0.717, 1.165) is 4.90 Å². The van der Waals surface area contributed by atoms with Gasteiger partial charge in [-0.15, -0.1) is 11.8 Å². The van der Waals surface area contributed by atoms with Crippen LogP contribution in [-0.2, 0) is 14.3 Å². The van der Waals surface area contributed by atoms with Gasteiger partial charge >= 0.3 is 5.97 Å². The minimum Gasteiger partial charge on any atom is -0.454 e. The van der Waals surface area contributed by atoms with Gasteiger partial charge in [-0.05, 0) is 18.4 Å². The lowest BCUT2D eigenvalue weighted by Crippen LogP contribution is -2.32. The summed E-state index contributed by atoms with van der Waals surface area (Å²) in [6.45, 7) is 0.0587. The van der Waals surface area contributed by atoms with Gasteiger partial charge in [0, 0.05) is 17.2 Å². The summed E-state index contributed by atoms with van der Waals surface area (Å²) in [4.78, 5) is 37.1. The van der Waals surface area contributed by atoms with Crippen molar-refractivity contribution in [3.05, 3.63) is 24.3 Å². The molecular weight excluding hydrogens is 324 g/mol. The predicted molar refractivity (Wildman–Crippen MR) is 87.2 cm³/mol. The van der Waals surface area contributed by atoms with Gasteiger partial charge in [0.25, 0.3) is 11.1 Å². The zero-order chi connectivity index (χ0) is 15.9. The molecule has 0 unspecified atom stereocenters. The Morgan fingerprint density at radius 1 is 1.41 bits per heavy atom. The van der Waals surface area contributed by atoms with Crippen LogP contribution in [0.25, 0.3) is 0 Å². The van der Waals surface area contributed by atoms with Crippen LogP contribution < -0.4 is 5.32 Å². The quantitative estimate of drug-likeness (QED) is 0.631. The maximum absolute atomic E-state index is 11.8. The number of carbonyl (C=O) groups excluding carboxylic acids is 3. The van der Waals surface area contributed by atoms with Crippen molar-refractivity contribution in [3.8, 4) is 0 Å². The van der Waals surface area contributed by atoms with E-state index in [1.165, 1.54) is 28.4 Å². The third-order valence-electron chi connectivity index (χ3n) is 2.91. The Morgan fingerprint density at radius 2 is 2.18 bits per heavy atom. The number of amides is 2. The van der Waals surface area contributed by atoms with Crippen molar-refractivity contribution in [2.24, 2.45) is 0 Å². The lowest BCUT2D eigenvalue weighted by atomic mass is 10.3. The largest absolute Gasteiger partial charge is 0.454 e. The highest BCUT2D eigenvalue weighted by atomic mass is 32.2. The summed E-state index contributed by atoms with van der Waals surface area (Å²) in [5.41, 5.74) is 0.683. The molecular formula is C14H16N2O4S2. The summed E-state index contributed by atoms with van der Waals surface area (Å²) in [7, 11) is 0. The van der Waals surface area contributed by atoms with Crippen molar-refractivity contribution in [3.63, 3.8) is 0 Å². The van der Waals surface area contributed by atoms with Gasteiger partial charge in [0.15, 0.2) is 6.61 Å². The van der Waals surface area contributed by atoms with E-state index in [-0.39, 0.29) is 18.4 Å². The Hall–Kier alpha value is -1.67. The molecule has 0 aromatic heterocycles. The average molecular weight is 340 g/mol. The van der Waals surface area contributed by atoms with Crippen molar-refractivity contribution in [2.45, 2.75) is 4.90 Å². The lowest BCUT2D eigenvalue weighted by Gasteiger charge is -2.13. The Labute approximate surface area is 136 Å². The van der Waals surface area contributed by atoms with Gasteiger partial charge in [0.05, 0.1) is 5.69 Å². The highest BCUT2D eigenvalue weighted by molar-refractivity contribution is 8.13. The molecule has 0 radical (unpaired) electrons. The SMILES string of the molecule is CSc1ccccc1NC(=O)COC(=O)CN1CCSC1=O. The highest BCUT2D eigenvalue weighted by Crippen LogP contribution is 2.24. The smallest absolute Gasteiger partial charge is 0.326 e. The molecule has 2 rings (SSSR count). The first-order valence-corrected chi connectivity index (χ1v) is 8.81. The van der Waals surface area contributed by atoms with Gasteiger partial charge in [0.1, 0.15) is 6.54 Å². The van der Waals surface area contributed by atoms with Crippen molar-refractivity contribution < 1.29 is 19.1 Å². The van der Waals surface area contributed by atoms with E-state index in [1.54, 1.807) is 6.07 Å². The van der Waals surface area contributed by atoms with Crippen LogP contribution in [0.1, 0.15) is 0 Å². The van der Waals surface area contributed by atoms with Crippen molar-refractivity contribution in [1.29, 1.82) is 0 Å². The number of ether oxygens (including phenoxy) is 1. The first-order valence-electron chi connectivity index (χ1n) is 6.60. The van der Waals surface area contributed by atoms with Crippen molar-refractivity contribution in [2.75, 3.05) is 37.0 Å². The number of para-hydroxylation sites is 1. The van der Waals surface area contributed by atoms with Gasteiger partial charge in [-0.1, -0.05) is 23.9 Å². The molecule has 22 heavy (non-hydrogen) atoms. The molecule has 1 N–H and O–H groups in total. The molecule has 0 atom stereocenters. The van der Waals surface area contributed by atoms with E-state index in [2.05, 4.69) is 5.32 Å². The van der Waals surface area contributed by atoms with E-state index in [9.17, 15) is 14.4 Å². The normalized spacial score (nSPS) is 14.0. The summed E-state index contributed by atoms with van der Waals surface area (Å²) >= 11 is 2.69. The van der Waals surface area contributed by atoms with E-state index in [4.69, 9.17) is 4.74 Å². The molecule has 2 amide bonds. The lowest BCUT2D eigenvalue weighted by molar-refractivity contribution is -0.147. The number of rotatable bonds is 6. The van der Waals surface area contributed by atoms with Gasteiger partial charge in [-0.3, -0.25) is 14.4 Å². The van der Waals surface area contributed by atoms with Crippen molar-refractivity contribution in [1.82, 2.24) is 4.90 Å². The van der Waals surface area contributed by atoms with Gasteiger partial charge < -0.3 is 15.0 Å². The second-order valence-electron chi connectivity index (χ2n) is 4.45. The van der Waals surface area contributed by atoms with Gasteiger partial charge in [-0.2, -0.15) is 0 Å². The molecule has 1 aromatic rings. The van der Waals surface area contributed by atoms with E-state index < -0.39 is 11.9 Å². The average Bonchev–Trinajstić information content (AvgIpc) is 2.91. The number of nitrogens with zero attached hydrogens (tertiary/aromatic N) is 1. The van der Waals surface area contributed by atoms with Crippen molar-refractivity contribution >= 4 is 46.3 Å². The summed E-state index contributed by atoms with van der Waals surface area (Å²) < 4.78 is 4.90. The monoisotopic (exact) mass is 340 g/mol. The fourth-order valence-electron chi connectivity index (χ4n) is 1.85. The summed E-state index contributed by atoms with van der Waals surface area (Å²) in [6.07, 6.45) is 1.91. The summed E-state index contributed by atoms with van der Waals surface area (Å²) in [6, 6.07) is 7.37. The molecule has 1 saturated heterocycles. The third-order valence-corrected chi connectivity index (χ3v) is 4.60. The van der Waals surface area contributed by atoms with Crippen LogP contribution in [0.5, 0.6) is 0 Å². The standard InChI is InChI=1S/C14H16N2O4S2/c1-21-11-5-3-2-4-10(11)15-12(17)9-20-13(18)8-16-6-7-22-14(16)19/h2-5H,6-9H2,1H3,(H,15,17). The number of anilines is 1. The first kappa shape index (κ1) is 16.7. The minimum absolute atomic E-state index is 0.111. The number of benzene rings is 1. The Morgan fingerprint density at radius 3 is 2.86 bits per heavy atom. The zero-order valence-electron chi connectivity index (χ0n) is 12.0. The second-order valence-corrected chi connectivity index (χ2v) is 6.34. The van der Waals surface area contributed by atoms with E-state index in [0.29, 0.717) is 18.0 Å². The summed E-state index contributed by atoms with van der Waals surface area (Å²) in [5, 5.41) is 2.57. The second kappa shape index (κ2) is 8.09. The van der Waals surface area contributed by atoms with Crippen LogP contribution in [-0.4, -0.2) is 53.7 Å². The zero-order valence-corrected chi connectivity index (χ0v) is 13.7. The highest BCUT2D eigenvalue weighted by Gasteiger charge is 2.24. The number of hydrogen-bond acceptors (Lipinski definition) is 6. The molecule has 1 aliphatic rings. The predicted octanol–water partition coefficient (Wildman–Crippen LogP) is 2.06. The van der Waals surface area contributed by atoms with E-state index in [1.807, 2.05) is 24.5 Å². The van der Waals surface area contributed by atoms with Crippen LogP contribution in [0.2, 0.25) is 0 Å². The van der Waals surface area contributed by atoms with Gasteiger partial charge in [0.2, 0.25) is 0 Å². The maximum atomic E-state index is 11.8. The van der Waals surface area contributed by atoms with Crippen LogP contribution in [0.15, 0.2) is 29.2 Å². The Kier molecular flexibility index (Phi) is 6.14. The molecule has 0 spiro atoms. The fraction of sp³-hybridized carbons (Fsp3) is 0.357. The molecule has 1 aromatic carbocycles. The summed E-state index contributed by atoms with van der Waals surface area (Å²) in [5.74, 6) is -0.306. The molecule has 0 aliphatic carbocycles. The first-order chi connectivity index (χ1) is 10.6. The van der Waals surface area contributed by atoms with Gasteiger partial charge in [-0.25, -0.2) is 0 Å². The van der Waals surface area contributed by atoms with Crippen LogP contribution in [0.3, 0.4) is 0 Å². The minimum atomic E-state index is -0.579. The molecule has 6 nitrogen and oxygen atoms in total. The number of esters is 1. The van der Waals surface area contributed by atoms with Crippen LogP contribution >= 0.6 is 23.5 Å².